The first-order chi connectivity index (χ1) is 10.1. The van der Waals surface area contributed by atoms with Crippen LogP contribution in [-0.2, 0) is 17.8 Å². The molecule has 1 saturated heterocycles. The Labute approximate surface area is 127 Å². The summed E-state index contributed by atoms with van der Waals surface area (Å²) in [7, 11) is 2.16. The Morgan fingerprint density at radius 2 is 1.90 bits per heavy atom. The smallest absolute Gasteiger partial charge is 0.307 e. The minimum Gasteiger partial charge on any atom is -0.481 e. The standard InChI is InChI=1S/C17H26N2O2/c1-3-19-10-8-16(9-11-19)18(2)13-15-7-5-4-6-14(15)12-17(20)21/h4-7,16H,3,8-13H2,1-2H3,(H,20,21). The number of rotatable bonds is 6. The molecule has 2 rings (SSSR count). The van der Waals surface area contributed by atoms with Crippen LogP contribution >= 0.6 is 0 Å². The number of carboxylic acids is 1. The second kappa shape index (κ2) is 7.57. The summed E-state index contributed by atoms with van der Waals surface area (Å²) in [6, 6.07) is 8.49. The zero-order valence-electron chi connectivity index (χ0n) is 13.1. The van der Waals surface area contributed by atoms with Gasteiger partial charge in [-0.2, -0.15) is 0 Å². The molecule has 1 aromatic carbocycles. The number of carboxylic acid groups (broad SMARTS) is 1. The number of likely N-dealkylation sites (tertiary alicyclic amines) is 1. The lowest BCUT2D eigenvalue weighted by Crippen LogP contribution is -2.43. The molecular formula is C17H26N2O2. The zero-order chi connectivity index (χ0) is 15.2. The molecule has 1 fully saturated rings. The lowest BCUT2D eigenvalue weighted by Gasteiger charge is -2.36. The molecule has 4 nitrogen and oxygen atoms in total. The summed E-state index contributed by atoms with van der Waals surface area (Å²) < 4.78 is 0. The second-order valence-electron chi connectivity index (χ2n) is 5.92. The number of piperidine rings is 1. The van der Waals surface area contributed by atoms with Crippen LogP contribution in [0.2, 0.25) is 0 Å². The van der Waals surface area contributed by atoms with Gasteiger partial charge in [-0.15, -0.1) is 0 Å². The van der Waals surface area contributed by atoms with E-state index in [1.807, 2.05) is 18.2 Å². The highest BCUT2D eigenvalue weighted by atomic mass is 16.4. The van der Waals surface area contributed by atoms with Gasteiger partial charge in [-0.1, -0.05) is 31.2 Å². The van der Waals surface area contributed by atoms with Gasteiger partial charge in [0.2, 0.25) is 0 Å². The van der Waals surface area contributed by atoms with E-state index in [0.29, 0.717) is 6.04 Å². The molecular weight excluding hydrogens is 264 g/mol. The van der Waals surface area contributed by atoms with Crippen molar-refractivity contribution in [2.24, 2.45) is 0 Å². The van der Waals surface area contributed by atoms with Gasteiger partial charge >= 0.3 is 5.97 Å². The van der Waals surface area contributed by atoms with E-state index in [4.69, 9.17) is 5.11 Å². The minimum atomic E-state index is -0.763. The van der Waals surface area contributed by atoms with Gasteiger partial charge in [0.25, 0.3) is 0 Å². The maximum Gasteiger partial charge on any atom is 0.307 e. The molecule has 0 saturated carbocycles. The van der Waals surface area contributed by atoms with Crippen LogP contribution < -0.4 is 0 Å². The van der Waals surface area contributed by atoms with Crippen molar-refractivity contribution < 1.29 is 9.90 Å². The highest BCUT2D eigenvalue weighted by Gasteiger charge is 2.22. The average Bonchev–Trinajstić information content (AvgIpc) is 2.49. The first-order valence-electron chi connectivity index (χ1n) is 7.81. The lowest BCUT2D eigenvalue weighted by molar-refractivity contribution is -0.136. The van der Waals surface area contributed by atoms with E-state index in [1.165, 1.54) is 25.9 Å². The highest BCUT2D eigenvalue weighted by molar-refractivity contribution is 5.70. The van der Waals surface area contributed by atoms with Gasteiger partial charge in [0.05, 0.1) is 6.42 Å². The largest absolute Gasteiger partial charge is 0.481 e. The third-order valence-electron chi connectivity index (χ3n) is 4.51. The summed E-state index contributed by atoms with van der Waals surface area (Å²) in [5.41, 5.74) is 2.07. The second-order valence-corrected chi connectivity index (χ2v) is 5.92. The van der Waals surface area contributed by atoms with Gasteiger partial charge in [0, 0.05) is 12.6 Å². The fourth-order valence-corrected chi connectivity index (χ4v) is 3.12. The number of aliphatic carboxylic acids is 1. The molecule has 0 atom stereocenters. The molecule has 0 amide bonds. The van der Waals surface area contributed by atoms with E-state index >= 15 is 0 Å². The van der Waals surface area contributed by atoms with Crippen molar-refractivity contribution in [2.45, 2.75) is 38.8 Å². The van der Waals surface area contributed by atoms with Crippen molar-refractivity contribution in [3.8, 4) is 0 Å². The molecule has 0 radical (unpaired) electrons. The van der Waals surface area contributed by atoms with Crippen molar-refractivity contribution in [1.29, 1.82) is 0 Å². The molecule has 0 unspecified atom stereocenters. The van der Waals surface area contributed by atoms with Gasteiger partial charge in [0.1, 0.15) is 0 Å². The Morgan fingerprint density at radius 3 is 2.48 bits per heavy atom. The maximum absolute atomic E-state index is 11.0. The molecule has 1 N–H and O–H groups in total. The van der Waals surface area contributed by atoms with Crippen molar-refractivity contribution in [2.75, 3.05) is 26.7 Å². The van der Waals surface area contributed by atoms with Crippen molar-refractivity contribution >= 4 is 5.97 Å². The van der Waals surface area contributed by atoms with Crippen molar-refractivity contribution in [3.05, 3.63) is 35.4 Å². The molecule has 1 aliphatic rings. The third kappa shape index (κ3) is 4.55. The number of hydrogen-bond donors (Lipinski definition) is 1. The quantitative estimate of drug-likeness (QED) is 0.872. The minimum absolute atomic E-state index is 0.109. The topological polar surface area (TPSA) is 43.8 Å². The van der Waals surface area contributed by atoms with Gasteiger partial charge < -0.3 is 10.0 Å². The van der Waals surface area contributed by atoms with Crippen LogP contribution in [-0.4, -0.2) is 53.6 Å². The van der Waals surface area contributed by atoms with Gasteiger partial charge in [-0.05, 0) is 50.7 Å². The number of hydrogen-bond acceptors (Lipinski definition) is 3. The molecule has 116 valence electrons. The lowest BCUT2D eigenvalue weighted by atomic mass is 10.0. The summed E-state index contributed by atoms with van der Waals surface area (Å²) in [5, 5.41) is 9.01. The summed E-state index contributed by atoms with van der Waals surface area (Å²) in [4.78, 5) is 15.8. The molecule has 0 spiro atoms. The number of benzene rings is 1. The van der Waals surface area contributed by atoms with Crippen molar-refractivity contribution in [3.63, 3.8) is 0 Å². The van der Waals surface area contributed by atoms with Gasteiger partial charge in [-0.3, -0.25) is 9.69 Å². The normalized spacial score (nSPS) is 17.3. The van der Waals surface area contributed by atoms with Crippen LogP contribution in [0.25, 0.3) is 0 Å². The van der Waals surface area contributed by atoms with E-state index in [9.17, 15) is 4.79 Å². The molecule has 1 aliphatic heterocycles. The summed E-state index contributed by atoms with van der Waals surface area (Å²) >= 11 is 0. The van der Waals surface area contributed by atoms with E-state index in [0.717, 1.165) is 24.2 Å². The molecule has 1 aromatic rings. The maximum atomic E-state index is 11.0. The van der Waals surface area contributed by atoms with E-state index in [1.54, 1.807) is 0 Å². The van der Waals surface area contributed by atoms with Gasteiger partial charge in [0.15, 0.2) is 0 Å². The Morgan fingerprint density at radius 1 is 1.29 bits per heavy atom. The molecule has 0 bridgehead atoms. The van der Waals surface area contributed by atoms with Crippen LogP contribution in [0.15, 0.2) is 24.3 Å². The molecule has 1 heterocycles. The summed E-state index contributed by atoms with van der Waals surface area (Å²) in [6.45, 7) is 6.52. The zero-order valence-corrected chi connectivity index (χ0v) is 13.1. The van der Waals surface area contributed by atoms with Gasteiger partial charge in [-0.25, -0.2) is 0 Å². The Bertz CT molecular complexity index is 468. The SMILES string of the molecule is CCN1CCC(N(C)Cc2ccccc2CC(=O)O)CC1. The monoisotopic (exact) mass is 290 g/mol. The first-order valence-corrected chi connectivity index (χ1v) is 7.81. The summed E-state index contributed by atoms with van der Waals surface area (Å²) in [5.74, 6) is -0.763. The molecule has 21 heavy (non-hydrogen) atoms. The third-order valence-corrected chi connectivity index (χ3v) is 4.51. The highest BCUT2D eigenvalue weighted by Crippen LogP contribution is 2.19. The fourth-order valence-electron chi connectivity index (χ4n) is 3.12. The molecule has 4 heteroatoms. The van der Waals surface area contributed by atoms with Crippen LogP contribution in [0, 0.1) is 0 Å². The van der Waals surface area contributed by atoms with E-state index in [-0.39, 0.29) is 6.42 Å². The Balaban J connectivity index is 1.96. The van der Waals surface area contributed by atoms with E-state index in [2.05, 4.69) is 29.8 Å². The van der Waals surface area contributed by atoms with Crippen LogP contribution in [0.1, 0.15) is 30.9 Å². The fraction of sp³-hybridized carbons (Fsp3) is 0.588. The molecule has 0 aliphatic carbocycles. The van der Waals surface area contributed by atoms with Crippen LogP contribution in [0.4, 0.5) is 0 Å². The summed E-state index contributed by atoms with van der Waals surface area (Å²) in [6.07, 6.45) is 2.51. The average molecular weight is 290 g/mol. The predicted octanol–water partition coefficient (Wildman–Crippen LogP) is 2.23. The Kier molecular flexibility index (Phi) is 5.76. The van der Waals surface area contributed by atoms with Crippen LogP contribution in [0.5, 0.6) is 0 Å². The number of nitrogens with zero attached hydrogens (tertiary/aromatic N) is 2. The first kappa shape index (κ1) is 16.0. The van der Waals surface area contributed by atoms with E-state index < -0.39 is 5.97 Å². The van der Waals surface area contributed by atoms with Crippen LogP contribution in [0.3, 0.4) is 0 Å². The predicted molar refractivity (Wildman–Crippen MR) is 84.4 cm³/mol. The van der Waals surface area contributed by atoms with Crippen molar-refractivity contribution in [1.82, 2.24) is 9.80 Å². The Hall–Kier alpha value is -1.39. The number of carbonyl (C=O) groups is 1. The molecule has 0 aromatic heterocycles.